The summed E-state index contributed by atoms with van der Waals surface area (Å²) in [6, 6.07) is 9.70. The van der Waals surface area contributed by atoms with Crippen LogP contribution in [0.15, 0.2) is 36.4 Å². The average Bonchev–Trinajstić information content (AvgIpc) is 2.90. The van der Waals surface area contributed by atoms with Crippen LogP contribution in [0.1, 0.15) is 54.2 Å². The number of nitrogens with two attached hydrogens (primary N) is 1. The molecule has 6 atom stereocenters. The Morgan fingerprint density at radius 3 is 2.29 bits per heavy atom. The van der Waals surface area contributed by atoms with Gasteiger partial charge < -0.3 is 21.3 Å². The monoisotopic (exact) mass is 570 g/mol. The molecule has 2 amide bonds. The second kappa shape index (κ2) is 10.3. The molecule has 42 heavy (non-hydrogen) atoms. The summed E-state index contributed by atoms with van der Waals surface area (Å²) < 4.78 is 0. The third kappa shape index (κ3) is 4.41. The molecule has 2 fully saturated rings. The maximum absolute atomic E-state index is 13.9. The largest absolute Gasteiger partial charge is 0.507 e. The van der Waals surface area contributed by atoms with Crippen LogP contribution in [0.2, 0.25) is 0 Å². The molecule has 2 unspecified atom stereocenters. The van der Waals surface area contributed by atoms with E-state index in [9.17, 15) is 39.0 Å². The highest BCUT2D eigenvalue weighted by Crippen LogP contribution is 2.53. The summed E-state index contributed by atoms with van der Waals surface area (Å²) in [6.45, 7) is 4.80. The van der Waals surface area contributed by atoms with E-state index in [-0.39, 0.29) is 30.1 Å². The third-order valence-electron chi connectivity index (χ3n) is 8.74. The van der Waals surface area contributed by atoms with E-state index in [0.29, 0.717) is 22.4 Å². The van der Waals surface area contributed by atoms with Crippen LogP contribution in [0.4, 0.5) is 5.69 Å². The van der Waals surface area contributed by atoms with E-state index in [1.54, 1.807) is 44.2 Å². The Bertz CT molecular complexity index is 1630. The lowest BCUT2D eigenvalue weighted by atomic mass is 9.49. The lowest BCUT2D eigenvalue weighted by Crippen LogP contribution is -2.71. The van der Waals surface area contributed by atoms with Crippen LogP contribution < -0.4 is 11.1 Å². The maximum Gasteiger partial charge on any atom is 0.235 e. The fourth-order valence-electron chi connectivity index (χ4n) is 6.95. The Morgan fingerprint density at radius 1 is 1.02 bits per heavy atom. The van der Waals surface area contributed by atoms with Crippen molar-refractivity contribution in [2.45, 2.75) is 39.2 Å². The molecule has 0 spiro atoms. The Kier molecular flexibility index (Phi) is 7.11. The summed E-state index contributed by atoms with van der Waals surface area (Å²) in [5, 5.41) is 25.0. The number of benzene rings is 2. The number of amides is 2. The van der Waals surface area contributed by atoms with E-state index in [1.807, 2.05) is 0 Å². The van der Waals surface area contributed by atoms with Gasteiger partial charge in [-0.15, -0.1) is 0 Å². The SMILES string of the molecule is CC(=O)Nc1ccc(C#Cc2ccc(O)c3c2C[C@H]2C[C@H]4[C@H](C(C)C)C(=O)C(C(N)=O)C(=O)[C@@]4(O)C(=O)C2C3=O)cc1. The van der Waals surface area contributed by atoms with E-state index < -0.39 is 70.1 Å². The van der Waals surface area contributed by atoms with Crippen molar-refractivity contribution >= 4 is 40.6 Å². The first-order valence-corrected chi connectivity index (χ1v) is 13.7. The summed E-state index contributed by atoms with van der Waals surface area (Å²) in [6.07, 6.45) is 0.132. The van der Waals surface area contributed by atoms with Gasteiger partial charge in [0.05, 0.1) is 11.5 Å². The molecular weight excluding hydrogens is 540 g/mol. The quantitative estimate of drug-likeness (QED) is 0.317. The van der Waals surface area contributed by atoms with Gasteiger partial charge in [-0.3, -0.25) is 28.8 Å². The molecule has 5 N–H and O–H groups in total. The van der Waals surface area contributed by atoms with E-state index in [1.165, 1.54) is 13.0 Å². The number of nitrogens with one attached hydrogen (secondary N) is 1. The number of anilines is 1. The number of phenolic OH excluding ortho intramolecular Hbond substituents is 1. The van der Waals surface area contributed by atoms with Crippen molar-refractivity contribution in [2.75, 3.05) is 5.32 Å². The van der Waals surface area contributed by atoms with Crippen LogP contribution >= 0.6 is 0 Å². The number of hydrogen-bond donors (Lipinski definition) is 4. The van der Waals surface area contributed by atoms with Gasteiger partial charge in [0.25, 0.3) is 0 Å². The molecule has 0 bridgehead atoms. The predicted molar refractivity (Wildman–Crippen MR) is 149 cm³/mol. The summed E-state index contributed by atoms with van der Waals surface area (Å²) in [5.74, 6) is -6.26. The number of rotatable bonds is 3. The van der Waals surface area contributed by atoms with Crippen molar-refractivity contribution in [1.82, 2.24) is 0 Å². The average molecular weight is 571 g/mol. The number of phenols is 1. The first-order chi connectivity index (χ1) is 19.8. The Morgan fingerprint density at radius 2 is 1.69 bits per heavy atom. The minimum absolute atomic E-state index is 0.00295. The molecular formula is C32H30N2O8. The molecule has 216 valence electrons. The number of aromatic hydroxyl groups is 1. The number of carbonyl (C=O) groups excluding carboxylic acids is 6. The number of carbonyl (C=O) groups is 6. The van der Waals surface area contributed by atoms with Crippen molar-refractivity contribution in [1.29, 1.82) is 0 Å². The number of hydrogen-bond acceptors (Lipinski definition) is 8. The maximum atomic E-state index is 13.9. The summed E-state index contributed by atoms with van der Waals surface area (Å²) in [7, 11) is 0. The molecule has 2 aromatic rings. The standard InChI is InChI=1S/C32H30N2O8/c1-14(2)23-21-13-18-12-20-17(7-4-16-5-9-19(10-6-16)34-15(3)35)8-11-22(36)25(20)28(38)24(18)29(39)32(21,42)30(40)26(27(23)37)31(33)41/h5-6,8-11,14,18,21,23-24,26,36,42H,12-13H2,1-3H3,(H2,33,41)(H,34,35)/t18-,21-,23-,24?,26?,32-/m0/s1. The van der Waals surface area contributed by atoms with Gasteiger partial charge in [0.1, 0.15) is 5.75 Å². The van der Waals surface area contributed by atoms with Crippen LogP contribution in [0.25, 0.3) is 0 Å². The van der Waals surface area contributed by atoms with Gasteiger partial charge in [-0.25, -0.2) is 0 Å². The van der Waals surface area contributed by atoms with Crippen LogP contribution in [0.5, 0.6) is 5.75 Å². The lowest BCUT2D eigenvalue weighted by molar-refractivity contribution is -0.182. The molecule has 0 aromatic heterocycles. The van der Waals surface area contributed by atoms with Gasteiger partial charge in [-0.1, -0.05) is 25.7 Å². The molecule has 0 heterocycles. The molecule has 0 aliphatic heterocycles. The van der Waals surface area contributed by atoms with E-state index in [4.69, 9.17) is 5.73 Å². The first-order valence-electron chi connectivity index (χ1n) is 13.7. The highest BCUT2D eigenvalue weighted by Gasteiger charge is 2.69. The van der Waals surface area contributed by atoms with Gasteiger partial charge in [0.15, 0.2) is 34.7 Å². The van der Waals surface area contributed by atoms with Gasteiger partial charge in [0, 0.05) is 35.6 Å². The van der Waals surface area contributed by atoms with Crippen molar-refractivity contribution in [3.05, 3.63) is 58.7 Å². The van der Waals surface area contributed by atoms with Crippen LogP contribution in [-0.2, 0) is 30.4 Å². The van der Waals surface area contributed by atoms with Gasteiger partial charge in [-0.05, 0) is 66.6 Å². The Balaban J connectivity index is 1.55. The van der Waals surface area contributed by atoms with Gasteiger partial charge >= 0.3 is 0 Å². The zero-order chi connectivity index (χ0) is 30.7. The minimum Gasteiger partial charge on any atom is -0.507 e. The molecule has 0 saturated heterocycles. The minimum atomic E-state index is -2.73. The normalized spacial score (nSPS) is 28.3. The molecule has 5 rings (SSSR count). The summed E-state index contributed by atoms with van der Waals surface area (Å²) >= 11 is 0. The Labute approximate surface area is 241 Å². The number of ketones is 4. The smallest absolute Gasteiger partial charge is 0.235 e. The zero-order valence-corrected chi connectivity index (χ0v) is 23.3. The number of primary amides is 1. The summed E-state index contributed by atoms with van der Waals surface area (Å²) in [4.78, 5) is 77.7. The molecule has 2 saturated carbocycles. The number of fused-ring (bicyclic) bond motifs is 3. The Hall–Kier alpha value is -4.62. The topological polar surface area (TPSA) is 181 Å². The van der Waals surface area contributed by atoms with E-state index >= 15 is 0 Å². The molecule has 10 heteroatoms. The van der Waals surface area contributed by atoms with Crippen LogP contribution in [-0.4, -0.2) is 50.8 Å². The summed E-state index contributed by atoms with van der Waals surface area (Å²) in [5.41, 5.74) is 4.66. The second-order valence-corrected chi connectivity index (χ2v) is 11.6. The van der Waals surface area contributed by atoms with Crippen molar-refractivity contribution in [2.24, 2.45) is 41.2 Å². The van der Waals surface area contributed by atoms with Crippen LogP contribution in [0.3, 0.4) is 0 Å². The second-order valence-electron chi connectivity index (χ2n) is 11.6. The highest BCUT2D eigenvalue weighted by atomic mass is 16.3. The van der Waals surface area contributed by atoms with Crippen molar-refractivity contribution < 1.29 is 39.0 Å². The van der Waals surface area contributed by atoms with Crippen LogP contribution in [0, 0.1) is 47.3 Å². The number of Topliss-reactive ketones (excluding diaryl/α,β-unsaturated/α-hetero) is 4. The molecule has 0 radical (unpaired) electrons. The molecule has 2 aromatic carbocycles. The molecule has 10 nitrogen and oxygen atoms in total. The van der Waals surface area contributed by atoms with Gasteiger partial charge in [0.2, 0.25) is 11.8 Å². The predicted octanol–water partition coefficient (Wildman–Crippen LogP) is 1.57. The fourth-order valence-corrected chi connectivity index (χ4v) is 6.95. The van der Waals surface area contributed by atoms with E-state index in [2.05, 4.69) is 17.2 Å². The van der Waals surface area contributed by atoms with Crippen molar-refractivity contribution in [3.63, 3.8) is 0 Å². The van der Waals surface area contributed by atoms with Gasteiger partial charge in [-0.2, -0.15) is 0 Å². The first kappa shape index (κ1) is 28.9. The molecule has 3 aliphatic rings. The lowest BCUT2D eigenvalue weighted by Gasteiger charge is -2.52. The van der Waals surface area contributed by atoms with Crippen molar-refractivity contribution in [3.8, 4) is 17.6 Å². The zero-order valence-electron chi connectivity index (χ0n) is 23.3. The highest BCUT2D eigenvalue weighted by molar-refractivity contribution is 6.31. The fraction of sp³-hybridized carbons (Fsp3) is 0.375. The third-order valence-corrected chi connectivity index (χ3v) is 8.74. The van der Waals surface area contributed by atoms with E-state index in [0.717, 1.165) is 0 Å². The number of aliphatic hydroxyl groups is 1. The molecule has 3 aliphatic carbocycles.